The van der Waals surface area contributed by atoms with Gasteiger partial charge in [-0.05, 0) is 90.8 Å². The molecule has 12 N–H and O–H groups in total. The zero-order chi connectivity index (χ0) is 59.1. The molecule has 0 saturated carbocycles. The Labute approximate surface area is 455 Å². The molecule has 4 aromatic rings. The number of amides is 7. The van der Waals surface area contributed by atoms with Crippen LogP contribution in [-0.4, -0.2) is 143 Å². The summed E-state index contributed by atoms with van der Waals surface area (Å²) in [6.07, 6.45) is -3.04. The molecule has 80 heavy (non-hydrogen) atoms. The molecule has 0 spiro atoms. The zero-order valence-corrected chi connectivity index (χ0v) is 43.4. The third kappa shape index (κ3) is 21.5. The number of aliphatic carboxylic acids is 5. The molecule has 29 heteroatoms. The molecule has 0 bridgehead atoms. The van der Waals surface area contributed by atoms with Gasteiger partial charge in [0.25, 0.3) is 11.8 Å². The number of halogens is 1. The Morgan fingerprint density at radius 2 is 1.02 bits per heavy atom. The summed E-state index contributed by atoms with van der Waals surface area (Å²) < 4.78 is 44.3. The van der Waals surface area contributed by atoms with Crippen molar-refractivity contribution < 1.29 is 99.5 Å². The maximum Gasteiger partial charge on any atom is 0.488 e. The van der Waals surface area contributed by atoms with Gasteiger partial charge in [0.2, 0.25) is 17.7 Å². The van der Waals surface area contributed by atoms with Crippen molar-refractivity contribution in [2.45, 2.75) is 101 Å². The number of carboxylic acids is 5. The maximum absolute atomic E-state index is 13.7. The van der Waals surface area contributed by atoms with E-state index in [-0.39, 0.29) is 49.9 Å². The van der Waals surface area contributed by atoms with Gasteiger partial charge in [-0.25, -0.2) is 14.4 Å². The average molecular weight is 1140 g/mol. The predicted octanol–water partition coefficient (Wildman–Crippen LogP) is 1.77. The topological polar surface area (TPSA) is 426 Å². The van der Waals surface area contributed by atoms with E-state index in [1.807, 2.05) is 41.7 Å². The average Bonchev–Trinajstić information content (AvgIpc) is 3.39. The number of hydrogen-bond donors (Lipinski definition) is 12. The molecule has 4 rings (SSSR count). The normalized spacial score (nSPS) is 12.9. The van der Waals surface area contributed by atoms with Crippen molar-refractivity contribution in [2.75, 3.05) is 13.7 Å². The van der Waals surface area contributed by atoms with E-state index in [1.54, 1.807) is 6.07 Å². The fourth-order valence-electron chi connectivity index (χ4n) is 7.66. The van der Waals surface area contributed by atoms with Crippen LogP contribution in [-0.2, 0) is 61.8 Å². The molecule has 0 aliphatic carbocycles. The molecule has 7 amide bonds. The molecule has 0 unspecified atom stereocenters. The van der Waals surface area contributed by atoms with Gasteiger partial charge in [0, 0.05) is 49.9 Å². The van der Waals surface area contributed by atoms with Crippen molar-refractivity contribution in [3.05, 3.63) is 107 Å². The van der Waals surface area contributed by atoms with Gasteiger partial charge in [-0.1, -0.05) is 58.5 Å². The van der Waals surface area contributed by atoms with Gasteiger partial charge in [0.1, 0.15) is 30.2 Å². The van der Waals surface area contributed by atoms with Gasteiger partial charge in [0.15, 0.2) is 11.5 Å². The number of carbonyl (C=O) groups excluding carboxylic acids is 6. The van der Waals surface area contributed by atoms with Gasteiger partial charge < -0.3 is 71.7 Å². The Bertz CT molecular complexity index is 3050. The lowest BCUT2D eigenvalue weighted by molar-refractivity contribution is -0.141. The van der Waals surface area contributed by atoms with E-state index in [9.17, 15) is 85.5 Å². The molecule has 5 atom stereocenters. The second kappa shape index (κ2) is 30.5. The van der Waals surface area contributed by atoms with Crippen LogP contribution in [0.3, 0.4) is 0 Å². The fourth-order valence-corrected chi connectivity index (χ4v) is 8.01. The number of fused-ring (bicyclic) bond motifs is 1. The monoisotopic (exact) mass is 1140 g/mol. The summed E-state index contributed by atoms with van der Waals surface area (Å²) in [4.78, 5) is 137. The van der Waals surface area contributed by atoms with Gasteiger partial charge in [-0.15, -0.1) is 0 Å². The van der Waals surface area contributed by atoms with Crippen molar-refractivity contribution in [3.63, 3.8) is 0 Å². The Kier molecular flexibility index (Phi) is 24.1. The lowest BCUT2D eigenvalue weighted by atomic mass is 10.0. The van der Waals surface area contributed by atoms with Crippen LogP contribution in [0.15, 0.2) is 84.9 Å². The zero-order valence-electron chi connectivity index (χ0n) is 42.6. The summed E-state index contributed by atoms with van der Waals surface area (Å²) in [7, 11) is -4.44. The molecule has 0 aliphatic heterocycles. The quantitative estimate of drug-likeness (QED) is 0.0239. The summed E-state index contributed by atoms with van der Waals surface area (Å²) in [5.74, 6) is -12.3. The molecule has 0 heterocycles. The minimum atomic E-state index is -5.49. The number of carboxylic acid groups (broad SMARTS) is 5. The first-order valence-electron chi connectivity index (χ1n) is 24.4. The first-order valence-corrected chi connectivity index (χ1v) is 25.7. The summed E-state index contributed by atoms with van der Waals surface area (Å²) in [5, 5.41) is 65.2. The van der Waals surface area contributed by atoms with Crippen molar-refractivity contribution in [1.82, 2.24) is 37.2 Å². The van der Waals surface area contributed by atoms with Gasteiger partial charge in [-0.2, -0.15) is 8.42 Å². The highest BCUT2D eigenvalue weighted by molar-refractivity contribution is 7.81. The summed E-state index contributed by atoms with van der Waals surface area (Å²) in [5.41, 5.74) is 0.904. The highest BCUT2D eigenvalue weighted by atomic mass is 32.3. The molecular formula is C51H58FN7O20S. The molecule has 0 saturated heterocycles. The number of benzene rings is 4. The van der Waals surface area contributed by atoms with Gasteiger partial charge in [0.05, 0.1) is 7.11 Å². The minimum absolute atomic E-state index is 0.00507. The second-order valence-electron chi connectivity index (χ2n) is 17.7. The molecule has 0 aromatic heterocycles. The fraction of sp³-hybridized carbons (Fsp3) is 0.353. The van der Waals surface area contributed by atoms with Crippen molar-refractivity contribution >= 4 is 86.7 Å². The van der Waals surface area contributed by atoms with E-state index >= 15 is 0 Å². The standard InChI is InChI=1S/C51H58FN7O20S/c1-78-40-26-33(15-19-39(40)79-80(52,76)77)45(67)55-35(17-21-42(62)63)48(70)56-34(16-20-41(60)61)46(68)54-27-28-9-13-31(14-10-28)44(66)57-38(25-29-11-12-30-6-2-3-7-32(30)24-29)47(69)53-23-5-4-8-36(49(71)72)58-51(75)59-37(50(73)74)18-22-43(64)65/h2-3,6-7,9-15,19,24,26,34-38H,4-5,8,16-18,20-23,25,27H2,1H3,(H,53,69)(H,54,68)(H,55,67)(H,56,70)(H,57,66)(H,60,61)(H,62,63)(H,64,65)(H,71,72)(H,73,74)(H2,58,59,75)/t34-,35-,36-,37-,38-/m0/s1/i52-1. The van der Waals surface area contributed by atoms with E-state index in [4.69, 9.17) is 9.84 Å². The molecule has 27 nitrogen and oxygen atoms in total. The largest absolute Gasteiger partial charge is 0.493 e. The first-order chi connectivity index (χ1) is 37.8. The Hall–Kier alpha value is -9.41. The van der Waals surface area contributed by atoms with Crippen LogP contribution >= 0.6 is 0 Å². The number of urea groups is 1. The summed E-state index contributed by atoms with van der Waals surface area (Å²) in [6.45, 7) is -0.223. The number of nitrogens with one attached hydrogen (secondary N) is 7. The lowest BCUT2D eigenvalue weighted by Gasteiger charge is -2.23. The van der Waals surface area contributed by atoms with E-state index in [1.165, 1.54) is 24.3 Å². The van der Waals surface area contributed by atoms with Crippen LogP contribution in [0.25, 0.3) is 10.8 Å². The van der Waals surface area contributed by atoms with Crippen LogP contribution < -0.4 is 46.1 Å². The molecule has 430 valence electrons. The highest BCUT2D eigenvalue weighted by Crippen LogP contribution is 2.30. The van der Waals surface area contributed by atoms with Crippen molar-refractivity contribution in [2.24, 2.45) is 0 Å². The smallest absolute Gasteiger partial charge is 0.488 e. The van der Waals surface area contributed by atoms with Gasteiger partial charge >= 0.3 is 46.4 Å². The van der Waals surface area contributed by atoms with Gasteiger partial charge in [-0.3, -0.25) is 38.4 Å². The molecule has 4 aromatic carbocycles. The van der Waals surface area contributed by atoms with Crippen LogP contribution in [0.1, 0.15) is 89.6 Å². The number of hydrogen-bond acceptors (Lipinski definition) is 15. The summed E-state index contributed by atoms with van der Waals surface area (Å²) >= 11 is 0. The molecule has 0 fully saturated rings. The van der Waals surface area contributed by atoms with Crippen molar-refractivity contribution in [1.29, 1.82) is 0 Å². The number of methoxy groups -OCH3 is 1. The van der Waals surface area contributed by atoms with Crippen molar-refractivity contribution in [3.8, 4) is 11.5 Å². The molecular weight excluding hydrogens is 1080 g/mol. The maximum atomic E-state index is 13.7. The van der Waals surface area contributed by atoms with Crippen LogP contribution in [0.2, 0.25) is 0 Å². The predicted molar refractivity (Wildman–Crippen MR) is 276 cm³/mol. The number of carbonyl (C=O) groups is 11. The SMILES string of the molecule is COc1cc(C(=O)N[C@@H](CCC(=O)O)C(=O)N[C@@H](CCC(=O)O)C(=O)NCc2ccc(C(=O)N[C@@H](Cc3ccc4ccccc4c3)C(=O)NCCCC[C@H](NC(=O)N[C@@H](CCC(=O)O)C(=O)O)C(=O)O)cc2)ccc1OS(=O)(=O)[18F]. The molecule has 0 radical (unpaired) electrons. The third-order valence-electron chi connectivity index (χ3n) is 11.8. The first kappa shape index (κ1) is 63.1. The van der Waals surface area contributed by atoms with E-state index < -0.39 is 156 Å². The van der Waals surface area contributed by atoms with E-state index in [0.717, 1.165) is 36.1 Å². The number of unbranched alkanes of at least 4 members (excludes halogenated alkanes) is 1. The van der Waals surface area contributed by atoms with E-state index in [0.29, 0.717) is 11.1 Å². The van der Waals surface area contributed by atoms with Crippen LogP contribution in [0.5, 0.6) is 11.5 Å². The Morgan fingerprint density at radius 3 is 1.60 bits per heavy atom. The third-order valence-corrected chi connectivity index (χ3v) is 12.2. The summed E-state index contributed by atoms with van der Waals surface area (Å²) in [6, 6.07) is 12.9. The number of ether oxygens (including phenoxy) is 1. The number of rotatable bonds is 33. The van der Waals surface area contributed by atoms with E-state index in [2.05, 4.69) is 36.1 Å². The van der Waals surface area contributed by atoms with Crippen LogP contribution in [0.4, 0.5) is 8.68 Å². The Morgan fingerprint density at radius 1 is 0.512 bits per heavy atom. The second-order valence-corrected chi connectivity index (χ2v) is 18.7. The lowest BCUT2D eigenvalue weighted by Crippen LogP contribution is -2.53. The minimum Gasteiger partial charge on any atom is -0.493 e. The van der Waals surface area contributed by atoms with Crippen LogP contribution in [0, 0.1) is 0 Å². The Balaban J connectivity index is 1.41. The highest BCUT2D eigenvalue weighted by Gasteiger charge is 2.30. The molecule has 0 aliphatic rings.